The van der Waals surface area contributed by atoms with Crippen LogP contribution in [0.5, 0.6) is 0 Å². The van der Waals surface area contributed by atoms with Crippen LogP contribution >= 0.6 is 0 Å². The van der Waals surface area contributed by atoms with E-state index < -0.39 is 0 Å². The van der Waals surface area contributed by atoms with E-state index in [1.807, 2.05) is 19.1 Å². The predicted molar refractivity (Wildman–Crippen MR) is 74.0 cm³/mol. The summed E-state index contributed by atoms with van der Waals surface area (Å²) in [4.78, 5) is 29.9. The number of aromatic nitrogens is 1. The summed E-state index contributed by atoms with van der Waals surface area (Å²) in [5.74, 6) is -0.651. The van der Waals surface area contributed by atoms with Crippen LogP contribution in [0.15, 0.2) is 36.5 Å². The molecule has 5 nitrogen and oxygen atoms in total. The van der Waals surface area contributed by atoms with Gasteiger partial charge in [-0.1, -0.05) is 12.1 Å². The van der Waals surface area contributed by atoms with E-state index in [-0.39, 0.29) is 18.4 Å². The summed E-state index contributed by atoms with van der Waals surface area (Å²) in [7, 11) is 0. The molecule has 2 aromatic rings. The molecule has 0 bridgehead atoms. The van der Waals surface area contributed by atoms with Gasteiger partial charge in [0.05, 0.1) is 17.7 Å². The normalized spacial score (nSPS) is 13.8. The van der Waals surface area contributed by atoms with Gasteiger partial charge in [0.1, 0.15) is 0 Å². The Kier molecular flexibility index (Phi) is 2.75. The number of carbonyl (C=O) groups excluding carboxylic acids is 2. The van der Waals surface area contributed by atoms with E-state index in [4.69, 9.17) is 5.73 Å². The zero-order valence-corrected chi connectivity index (χ0v) is 11.0. The molecule has 3 rings (SSSR count). The number of amides is 2. The maximum absolute atomic E-state index is 12.3. The van der Waals surface area contributed by atoms with Gasteiger partial charge in [-0.3, -0.25) is 19.5 Å². The van der Waals surface area contributed by atoms with E-state index in [0.717, 1.165) is 11.3 Å². The van der Waals surface area contributed by atoms with Crippen LogP contribution in [-0.4, -0.2) is 21.7 Å². The highest BCUT2D eigenvalue weighted by atomic mass is 16.2. The Hall–Kier alpha value is -2.69. The first-order chi connectivity index (χ1) is 9.58. The van der Waals surface area contributed by atoms with Crippen molar-refractivity contribution < 1.29 is 9.59 Å². The number of imide groups is 1. The fourth-order valence-electron chi connectivity index (χ4n) is 2.28. The monoisotopic (exact) mass is 267 g/mol. The SMILES string of the molecule is Cc1ccc(CN2C(=O)c3cccc(N)c3C2=O)cn1. The van der Waals surface area contributed by atoms with Gasteiger partial charge >= 0.3 is 0 Å². The molecule has 100 valence electrons. The summed E-state index contributed by atoms with van der Waals surface area (Å²) in [5.41, 5.74) is 8.50. The lowest BCUT2D eigenvalue weighted by atomic mass is 10.1. The minimum atomic E-state index is -0.344. The molecule has 0 radical (unpaired) electrons. The van der Waals surface area contributed by atoms with Gasteiger partial charge in [0.2, 0.25) is 0 Å². The summed E-state index contributed by atoms with van der Waals surface area (Å²) >= 11 is 0. The van der Waals surface area contributed by atoms with Crippen LogP contribution in [0.2, 0.25) is 0 Å². The van der Waals surface area contributed by atoms with Gasteiger partial charge in [-0.15, -0.1) is 0 Å². The predicted octanol–water partition coefficient (Wildman–Crippen LogP) is 1.77. The van der Waals surface area contributed by atoms with Crippen LogP contribution in [-0.2, 0) is 6.54 Å². The van der Waals surface area contributed by atoms with Crippen molar-refractivity contribution in [1.29, 1.82) is 0 Å². The first kappa shape index (κ1) is 12.3. The van der Waals surface area contributed by atoms with E-state index in [0.29, 0.717) is 16.8 Å². The Bertz CT molecular complexity index is 708. The van der Waals surface area contributed by atoms with Gasteiger partial charge < -0.3 is 5.73 Å². The number of hydrogen-bond donors (Lipinski definition) is 1. The molecule has 1 aliphatic heterocycles. The number of pyridine rings is 1. The molecule has 20 heavy (non-hydrogen) atoms. The van der Waals surface area contributed by atoms with Crippen LogP contribution in [0.25, 0.3) is 0 Å². The smallest absolute Gasteiger partial charge is 0.263 e. The summed E-state index contributed by atoms with van der Waals surface area (Å²) in [6.07, 6.45) is 1.67. The molecule has 2 heterocycles. The lowest BCUT2D eigenvalue weighted by molar-refractivity contribution is 0.0642. The largest absolute Gasteiger partial charge is 0.398 e. The van der Waals surface area contributed by atoms with Crippen LogP contribution in [0.1, 0.15) is 32.0 Å². The van der Waals surface area contributed by atoms with Crippen molar-refractivity contribution in [2.75, 3.05) is 5.73 Å². The second-order valence-corrected chi connectivity index (χ2v) is 4.77. The minimum Gasteiger partial charge on any atom is -0.398 e. The van der Waals surface area contributed by atoms with Gasteiger partial charge in [-0.05, 0) is 30.7 Å². The van der Waals surface area contributed by atoms with E-state index >= 15 is 0 Å². The lowest BCUT2D eigenvalue weighted by Crippen LogP contribution is -2.29. The fourth-order valence-corrected chi connectivity index (χ4v) is 2.28. The number of rotatable bonds is 2. The Balaban J connectivity index is 1.94. The molecule has 1 aromatic carbocycles. The highest BCUT2D eigenvalue weighted by molar-refractivity contribution is 6.23. The molecule has 0 saturated heterocycles. The molecule has 0 atom stereocenters. The number of fused-ring (bicyclic) bond motifs is 1. The number of benzene rings is 1. The molecule has 0 saturated carbocycles. The van der Waals surface area contributed by atoms with Crippen molar-refractivity contribution in [3.63, 3.8) is 0 Å². The van der Waals surface area contributed by atoms with Gasteiger partial charge in [-0.25, -0.2) is 0 Å². The maximum Gasteiger partial charge on any atom is 0.263 e. The number of nitrogens with two attached hydrogens (primary N) is 1. The average molecular weight is 267 g/mol. The Morgan fingerprint density at radius 3 is 2.60 bits per heavy atom. The van der Waals surface area contributed by atoms with Crippen molar-refractivity contribution in [2.24, 2.45) is 0 Å². The summed E-state index contributed by atoms with van der Waals surface area (Å²) in [6, 6.07) is 8.63. The van der Waals surface area contributed by atoms with Gasteiger partial charge in [0.15, 0.2) is 0 Å². The lowest BCUT2D eigenvalue weighted by Gasteiger charge is -2.13. The summed E-state index contributed by atoms with van der Waals surface area (Å²) in [6.45, 7) is 2.09. The zero-order chi connectivity index (χ0) is 14.3. The number of anilines is 1. The number of nitrogens with zero attached hydrogens (tertiary/aromatic N) is 2. The molecular formula is C15H13N3O2. The molecule has 0 spiro atoms. The third-order valence-electron chi connectivity index (χ3n) is 3.34. The number of nitrogen functional groups attached to an aromatic ring is 1. The van der Waals surface area contributed by atoms with E-state index in [2.05, 4.69) is 4.98 Å². The molecule has 0 unspecified atom stereocenters. The molecule has 0 fully saturated rings. The van der Waals surface area contributed by atoms with E-state index in [1.165, 1.54) is 4.90 Å². The minimum absolute atomic E-state index is 0.207. The molecule has 1 aromatic heterocycles. The third-order valence-corrected chi connectivity index (χ3v) is 3.34. The maximum atomic E-state index is 12.3. The third kappa shape index (κ3) is 1.84. The quantitative estimate of drug-likeness (QED) is 0.664. The number of carbonyl (C=O) groups is 2. The Morgan fingerprint density at radius 2 is 1.95 bits per heavy atom. The van der Waals surface area contributed by atoms with Crippen LogP contribution in [0.4, 0.5) is 5.69 Å². The number of aryl methyl sites for hydroxylation is 1. The first-order valence-corrected chi connectivity index (χ1v) is 6.24. The van der Waals surface area contributed by atoms with Crippen molar-refractivity contribution in [1.82, 2.24) is 9.88 Å². The molecule has 2 N–H and O–H groups in total. The van der Waals surface area contributed by atoms with Crippen LogP contribution < -0.4 is 5.73 Å². The summed E-state index contributed by atoms with van der Waals surface area (Å²) < 4.78 is 0. The highest BCUT2D eigenvalue weighted by Gasteiger charge is 2.36. The first-order valence-electron chi connectivity index (χ1n) is 6.24. The molecule has 5 heteroatoms. The molecule has 1 aliphatic rings. The zero-order valence-electron chi connectivity index (χ0n) is 11.0. The van der Waals surface area contributed by atoms with Gasteiger partial charge in [0.25, 0.3) is 11.8 Å². The highest BCUT2D eigenvalue weighted by Crippen LogP contribution is 2.28. The molecular weight excluding hydrogens is 254 g/mol. The molecule has 0 aliphatic carbocycles. The van der Waals surface area contributed by atoms with Crippen molar-refractivity contribution in [2.45, 2.75) is 13.5 Å². The van der Waals surface area contributed by atoms with Crippen molar-refractivity contribution in [3.8, 4) is 0 Å². The van der Waals surface area contributed by atoms with E-state index in [1.54, 1.807) is 24.4 Å². The number of hydrogen-bond acceptors (Lipinski definition) is 4. The second kappa shape index (κ2) is 4.45. The van der Waals surface area contributed by atoms with E-state index in [9.17, 15) is 9.59 Å². The molecule has 2 amide bonds. The fraction of sp³-hybridized carbons (Fsp3) is 0.133. The topological polar surface area (TPSA) is 76.3 Å². The van der Waals surface area contributed by atoms with Gasteiger partial charge in [0, 0.05) is 17.6 Å². The van der Waals surface area contributed by atoms with Crippen LogP contribution in [0.3, 0.4) is 0 Å². The van der Waals surface area contributed by atoms with Crippen molar-refractivity contribution in [3.05, 3.63) is 58.9 Å². The van der Waals surface area contributed by atoms with Crippen molar-refractivity contribution >= 4 is 17.5 Å². The van der Waals surface area contributed by atoms with Crippen LogP contribution in [0, 0.1) is 6.92 Å². The standard InChI is InChI=1S/C15H13N3O2/c1-9-5-6-10(7-17-9)8-18-14(19)11-3-2-4-12(16)13(11)15(18)20/h2-7H,8,16H2,1H3. The Morgan fingerprint density at radius 1 is 1.15 bits per heavy atom. The average Bonchev–Trinajstić information content (AvgIpc) is 2.67. The Labute approximate surface area is 116 Å². The van der Waals surface area contributed by atoms with Gasteiger partial charge in [-0.2, -0.15) is 0 Å². The summed E-state index contributed by atoms with van der Waals surface area (Å²) in [5, 5.41) is 0. The second-order valence-electron chi connectivity index (χ2n) is 4.77.